The van der Waals surface area contributed by atoms with Crippen molar-refractivity contribution >= 4 is 11.6 Å². The molecule has 0 spiro atoms. The van der Waals surface area contributed by atoms with Crippen LogP contribution in [0, 0.1) is 18.3 Å². The second-order valence-electron chi connectivity index (χ2n) is 5.30. The molecule has 0 aliphatic rings. The molecular weight excluding hydrogens is 338 g/mol. The molecule has 6 heteroatoms. The van der Waals surface area contributed by atoms with Crippen LogP contribution in [-0.4, -0.2) is 22.8 Å². The van der Waals surface area contributed by atoms with Gasteiger partial charge in [0, 0.05) is 18.5 Å². The van der Waals surface area contributed by atoms with Crippen molar-refractivity contribution in [1.29, 1.82) is 5.26 Å². The van der Waals surface area contributed by atoms with Crippen LogP contribution in [0.3, 0.4) is 0 Å². The Morgan fingerprint density at radius 3 is 2.72 bits per heavy atom. The fraction of sp³-hybridized carbons (Fsp3) is 0.158. The van der Waals surface area contributed by atoms with Gasteiger partial charge in [0.1, 0.15) is 30.5 Å². The number of nitriles is 1. The molecular formula is C19H16ClN3O2. The molecule has 0 saturated carbocycles. The van der Waals surface area contributed by atoms with Gasteiger partial charge in [-0.05, 0) is 37.3 Å². The van der Waals surface area contributed by atoms with Gasteiger partial charge < -0.3 is 14.0 Å². The molecule has 0 unspecified atom stereocenters. The minimum atomic E-state index is 0.347. The molecule has 3 rings (SSSR count). The summed E-state index contributed by atoms with van der Waals surface area (Å²) >= 11 is 6.07. The zero-order valence-corrected chi connectivity index (χ0v) is 14.4. The van der Waals surface area contributed by atoms with Crippen LogP contribution in [-0.2, 0) is 0 Å². The summed E-state index contributed by atoms with van der Waals surface area (Å²) < 4.78 is 13.3. The van der Waals surface area contributed by atoms with E-state index in [1.54, 1.807) is 24.4 Å². The summed E-state index contributed by atoms with van der Waals surface area (Å²) in [6, 6.07) is 14.7. The molecule has 0 fully saturated rings. The third-order valence-corrected chi connectivity index (χ3v) is 3.89. The monoisotopic (exact) mass is 353 g/mol. The Labute approximate surface area is 151 Å². The van der Waals surface area contributed by atoms with Gasteiger partial charge in [0.2, 0.25) is 0 Å². The van der Waals surface area contributed by atoms with Crippen molar-refractivity contribution in [3.05, 3.63) is 71.3 Å². The standard InChI is InChI=1S/C19H16ClN3O2/c1-14-22-7-8-23(14)16-3-2-4-17(12-16)24-9-10-25-19-6-5-15(13-21)11-18(19)20/h2-8,11-12H,9-10H2,1H3. The molecule has 5 nitrogen and oxygen atoms in total. The number of halogens is 1. The number of hydrogen-bond donors (Lipinski definition) is 0. The molecule has 0 N–H and O–H groups in total. The van der Waals surface area contributed by atoms with Crippen LogP contribution in [0.1, 0.15) is 11.4 Å². The summed E-state index contributed by atoms with van der Waals surface area (Å²) in [6.07, 6.45) is 3.67. The van der Waals surface area contributed by atoms with Crippen molar-refractivity contribution in [2.45, 2.75) is 6.92 Å². The Bertz CT molecular complexity index is 915. The molecule has 25 heavy (non-hydrogen) atoms. The minimum Gasteiger partial charge on any atom is -0.490 e. The second kappa shape index (κ2) is 7.73. The summed E-state index contributed by atoms with van der Waals surface area (Å²) in [6.45, 7) is 2.67. The molecule has 0 bridgehead atoms. The molecule has 126 valence electrons. The van der Waals surface area contributed by atoms with Gasteiger partial charge in [-0.15, -0.1) is 0 Å². The minimum absolute atomic E-state index is 0.347. The molecule has 2 aromatic carbocycles. The average molecular weight is 354 g/mol. The van der Waals surface area contributed by atoms with Gasteiger partial charge >= 0.3 is 0 Å². The largest absolute Gasteiger partial charge is 0.490 e. The maximum absolute atomic E-state index is 8.83. The van der Waals surface area contributed by atoms with Gasteiger partial charge in [-0.1, -0.05) is 17.7 Å². The first kappa shape index (κ1) is 16.9. The summed E-state index contributed by atoms with van der Waals surface area (Å²) in [5.41, 5.74) is 1.49. The van der Waals surface area contributed by atoms with Gasteiger partial charge in [0.25, 0.3) is 0 Å². The molecule has 0 saturated heterocycles. The second-order valence-corrected chi connectivity index (χ2v) is 5.70. The lowest BCUT2D eigenvalue weighted by Gasteiger charge is -2.11. The van der Waals surface area contributed by atoms with E-state index in [0.717, 1.165) is 17.3 Å². The Hall–Kier alpha value is -2.97. The third kappa shape index (κ3) is 4.11. The van der Waals surface area contributed by atoms with Crippen LogP contribution >= 0.6 is 11.6 Å². The first-order valence-electron chi connectivity index (χ1n) is 7.73. The molecule has 0 aliphatic carbocycles. The maximum Gasteiger partial charge on any atom is 0.138 e. The number of rotatable bonds is 6. The van der Waals surface area contributed by atoms with Gasteiger partial charge in [-0.25, -0.2) is 4.98 Å². The maximum atomic E-state index is 8.83. The van der Waals surface area contributed by atoms with E-state index in [9.17, 15) is 0 Å². The zero-order valence-electron chi connectivity index (χ0n) is 13.6. The number of aryl methyl sites for hydroxylation is 1. The highest BCUT2D eigenvalue weighted by molar-refractivity contribution is 6.32. The number of nitrogens with zero attached hydrogens (tertiary/aromatic N) is 3. The predicted molar refractivity (Wildman–Crippen MR) is 95.5 cm³/mol. The van der Waals surface area contributed by atoms with E-state index in [1.807, 2.05) is 48.0 Å². The molecule has 0 aliphatic heterocycles. The smallest absolute Gasteiger partial charge is 0.138 e. The Morgan fingerprint density at radius 2 is 2.00 bits per heavy atom. The normalized spacial score (nSPS) is 10.3. The molecule has 3 aromatic rings. The highest BCUT2D eigenvalue weighted by atomic mass is 35.5. The Kier molecular flexibility index (Phi) is 5.22. The first-order valence-corrected chi connectivity index (χ1v) is 8.11. The molecule has 0 radical (unpaired) electrons. The fourth-order valence-electron chi connectivity index (χ4n) is 2.37. The molecule has 0 amide bonds. The topological polar surface area (TPSA) is 60.1 Å². The van der Waals surface area contributed by atoms with Crippen molar-refractivity contribution in [3.8, 4) is 23.3 Å². The number of aromatic nitrogens is 2. The Morgan fingerprint density at radius 1 is 1.16 bits per heavy atom. The number of imidazole rings is 1. The van der Waals surface area contributed by atoms with Gasteiger partial charge in [0.05, 0.1) is 22.3 Å². The van der Waals surface area contributed by atoms with Crippen LogP contribution in [0.5, 0.6) is 11.5 Å². The summed E-state index contributed by atoms with van der Waals surface area (Å²) in [4.78, 5) is 4.22. The lowest BCUT2D eigenvalue weighted by molar-refractivity contribution is 0.217. The quantitative estimate of drug-likeness (QED) is 0.624. The summed E-state index contributed by atoms with van der Waals surface area (Å²) in [7, 11) is 0. The first-order chi connectivity index (χ1) is 12.2. The van der Waals surface area contributed by atoms with Crippen LogP contribution in [0.2, 0.25) is 5.02 Å². The molecule has 1 aromatic heterocycles. The van der Waals surface area contributed by atoms with Crippen LogP contribution in [0.4, 0.5) is 0 Å². The average Bonchev–Trinajstić information content (AvgIpc) is 3.06. The number of benzene rings is 2. The third-order valence-electron chi connectivity index (χ3n) is 3.59. The highest BCUT2D eigenvalue weighted by Gasteiger charge is 2.04. The van der Waals surface area contributed by atoms with Crippen LogP contribution in [0.15, 0.2) is 54.9 Å². The van der Waals surface area contributed by atoms with Crippen molar-refractivity contribution in [2.24, 2.45) is 0 Å². The van der Waals surface area contributed by atoms with E-state index >= 15 is 0 Å². The van der Waals surface area contributed by atoms with Crippen molar-refractivity contribution in [3.63, 3.8) is 0 Å². The molecule has 1 heterocycles. The summed E-state index contributed by atoms with van der Waals surface area (Å²) in [5.74, 6) is 2.20. The van der Waals surface area contributed by atoms with Gasteiger partial charge in [-0.3, -0.25) is 0 Å². The fourth-order valence-corrected chi connectivity index (χ4v) is 2.61. The van der Waals surface area contributed by atoms with E-state index < -0.39 is 0 Å². The number of ether oxygens (including phenoxy) is 2. The van der Waals surface area contributed by atoms with E-state index in [1.165, 1.54) is 0 Å². The van der Waals surface area contributed by atoms with Gasteiger partial charge in [0.15, 0.2) is 0 Å². The van der Waals surface area contributed by atoms with Crippen molar-refractivity contribution in [1.82, 2.24) is 9.55 Å². The summed E-state index contributed by atoms with van der Waals surface area (Å²) in [5, 5.41) is 9.24. The lowest BCUT2D eigenvalue weighted by atomic mass is 10.2. The van der Waals surface area contributed by atoms with Crippen LogP contribution < -0.4 is 9.47 Å². The molecule has 0 atom stereocenters. The van der Waals surface area contributed by atoms with Crippen LogP contribution in [0.25, 0.3) is 5.69 Å². The van der Waals surface area contributed by atoms with Gasteiger partial charge in [-0.2, -0.15) is 5.26 Å². The lowest BCUT2D eigenvalue weighted by Crippen LogP contribution is -2.09. The van der Waals surface area contributed by atoms with E-state index in [-0.39, 0.29) is 0 Å². The van der Waals surface area contributed by atoms with E-state index in [0.29, 0.717) is 29.5 Å². The van der Waals surface area contributed by atoms with Crippen molar-refractivity contribution in [2.75, 3.05) is 13.2 Å². The number of hydrogen-bond acceptors (Lipinski definition) is 4. The SMILES string of the molecule is Cc1nccn1-c1cccc(OCCOc2ccc(C#N)cc2Cl)c1. The Balaban J connectivity index is 1.56. The van der Waals surface area contributed by atoms with Crippen molar-refractivity contribution < 1.29 is 9.47 Å². The zero-order chi connectivity index (χ0) is 17.6. The van der Waals surface area contributed by atoms with E-state index in [2.05, 4.69) is 4.98 Å². The highest BCUT2D eigenvalue weighted by Crippen LogP contribution is 2.25. The predicted octanol–water partition coefficient (Wildman–Crippen LogP) is 4.16. The van der Waals surface area contributed by atoms with E-state index in [4.69, 9.17) is 26.3 Å².